The van der Waals surface area contributed by atoms with E-state index < -0.39 is 11.8 Å². The van der Waals surface area contributed by atoms with Gasteiger partial charge in [-0.15, -0.1) is 0 Å². The van der Waals surface area contributed by atoms with E-state index in [2.05, 4.69) is 20.8 Å². The van der Waals surface area contributed by atoms with Gasteiger partial charge < -0.3 is 15.2 Å². The zero-order valence-corrected chi connectivity index (χ0v) is 14.9. The number of amides is 2. The van der Waals surface area contributed by atoms with Crippen LogP contribution in [0.1, 0.15) is 26.5 Å². The van der Waals surface area contributed by atoms with Gasteiger partial charge in [0.25, 0.3) is 11.8 Å². The van der Waals surface area contributed by atoms with Gasteiger partial charge in [0, 0.05) is 24.1 Å². The molecule has 0 spiro atoms. The van der Waals surface area contributed by atoms with Crippen LogP contribution in [-0.4, -0.2) is 22.0 Å². The van der Waals surface area contributed by atoms with Crippen molar-refractivity contribution in [3.8, 4) is 0 Å². The summed E-state index contributed by atoms with van der Waals surface area (Å²) < 4.78 is 4.88. The summed E-state index contributed by atoms with van der Waals surface area (Å²) in [6.45, 7) is 1.71. The van der Waals surface area contributed by atoms with Gasteiger partial charge in [0.2, 0.25) is 0 Å². The minimum Gasteiger partial charge on any atom is -0.360 e. The standard InChI is InChI=1S/C17H12Cl2N4O3/c1-9-4-15(23-26-9)22-17(25)11-5-10(7-20-8-11)16(24)21-12-2-3-13(18)14(19)6-12/h2-8H,1H3,(H,21,24)(H,22,23,25). The van der Waals surface area contributed by atoms with Gasteiger partial charge in [0.15, 0.2) is 5.82 Å². The molecule has 26 heavy (non-hydrogen) atoms. The van der Waals surface area contributed by atoms with Crippen molar-refractivity contribution in [1.29, 1.82) is 0 Å². The first-order chi connectivity index (χ1) is 12.4. The highest BCUT2D eigenvalue weighted by atomic mass is 35.5. The van der Waals surface area contributed by atoms with E-state index in [-0.39, 0.29) is 16.9 Å². The topological polar surface area (TPSA) is 97.1 Å². The van der Waals surface area contributed by atoms with E-state index in [1.807, 2.05) is 0 Å². The van der Waals surface area contributed by atoms with Crippen molar-refractivity contribution in [2.45, 2.75) is 6.92 Å². The molecule has 7 nitrogen and oxygen atoms in total. The number of carbonyl (C=O) groups is 2. The Morgan fingerprint density at radius 3 is 2.27 bits per heavy atom. The molecule has 132 valence electrons. The molecule has 2 amide bonds. The van der Waals surface area contributed by atoms with Gasteiger partial charge in [-0.1, -0.05) is 28.4 Å². The van der Waals surface area contributed by atoms with Crippen molar-refractivity contribution in [1.82, 2.24) is 10.1 Å². The number of aryl methyl sites for hydroxylation is 1. The second-order valence-corrected chi connectivity index (χ2v) is 6.14. The van der Waals surface area contributed by atoms with E-state index in [1.54, 1.807) is 25.1 Å². The summed E-state index contributed by atoms with van der Waals surface area (Å²) in [6, 6.07) is 7.71. The van der Waals surface area contributed by atoms with E-state index in [4.69, 9.17) is 27.7 Å². The van der Waals surface area contributed by atoms with Gasteiger partial charge in [-0.05, 0) is 31.2 Å². The summed E-state index contributed by atoms with van der Waals surface area (Å²) in [5, 5.41) is 9.61. The third-order valence-electron chi connectivity index (χ3n) is 3.31. The molecule has 0 aliphatic rings. The molecule has 0 unspecified atom stereocenters. The molecular formula is C17H12Cl2N4O3. The Kier molecular flexibility index (Phi) is 5.20. The fraction of sp³-hybridized carbons (Fsp3) is 0.0588. The summed E-state index contributed by atoms with van der Waals surface area (Å²) >= 11 is 11.8. The first-order valence-corrected chi connectivity index (χ1v) is 8.14. The van der Waals surface area contributed by atoms with Gasteiger partial charge in [0.1, 0.15) is 5.76 Å². The Hall–Kier alpha value is -2.90. The lowest BCUT2D eigenvalue weighted by Gasteiger charge is -2.07. The predicted octanol–water partition coefficient (Wildman–Crippen LogP) is 4.19. The van der Waals surface area contributed by atoms with E-state index in [0.717, 1.165) is 0 Å². The van der Waals surface area contributed by atoms with Crippen molar-refractivity contribution in [3.05, 3.63) is 69.7 Å². The lowest BCUT2D eigenvalue weighted by atomic mass is 10.2. The van der Waals surface area contributed by atoms with Crippen molar-refractivity contribution in [2.24, 2.45) is 0 Å². The van der Waals surface area contributed by atoms with Crippen LogP contribution in [0.3, 0.4) is 0 Å². The normalized spacial score (nSPS) is 10.4. The maximum absolute atomic E-state index is 12.4. The monoisotopic (exact) mass is 390 g/mol. The molecule has 1 aromatic carbocycles. The SMILES string of the molecule is Cc1cc(NC(=O)c2cncc(C(=O)Nc3ccc(Cl)c(Cl)c3)c2)no1. The molecule has 0 radical (unpaired) electrons. The zero-order chi connectivity index (χ0) is 18.7. The number of rotatable bonds is 4. The summed E-state index contributed by atoms with van der Waals surface area (Å²) in [7, 11) is 0. The molecule has 0 bridgehead atoms. The quantitative estimate of drug-likeness (QED) is 0.695. The second kappa shape index (κ2) is 7.55. The fourth-order valence-electron chi connectivity index (χ4n) is 2.08. The van der Waals surface area contributed by atoms with Gasteiger partial charge in [-0.25, -0.2) is 0 Å². The number of nitrogens with one attached hydrogen (secondary N) is 2. The van der Waals surface area contributed by atoms with Crippen LogP contribution in [-0.2, 0) is 0 Å². The van der Waals surface area contributed by atoms with Gasteiger partial charge in [-0.2, -0.15) is 0 Å². The number of hydrogen-bond donors (Lipinski definition) is 2. The third-order valence-corrected chi connectivity index (χ3v) is 4.05. The number of anilines is 2. The Balaban J connectivity index is 1.74. The van der Waals surface area contributed by atoms with Crippen LogP contribution in [0.5, 0.6) is 0 Å². The predicted molar refractivity (Wildman–Crippen MR) is 97.8 cm³/mol. The molecule has 0 saturated heterocycles. The number of aromatic nitrogens is 2. The summed E-state index contributed by atoms with van der Waals surface area (Å²) in [4.78, 5) is 28.5. The van der Waals surface area contributed by atoms with E-state index in [9.17, 15) is 9.59 Å². The van der Waals surface area contributed by atoms with Crippen LogP contribution in [0.25, 0.3) is 0 Å². The average molecular weight is 391 g/mol. The summed E-state index contributed by atoms with van der Waals surface area (Å²) in [5.41, 5.74) is 0.879. The largest absolute Gasteiger partial charge is 0.360 e. The van der Waals surface area contributed by atoms with Crippen molar-refractivity contribution in [3.63, 3.8) is 0 Å². The summed E-state index contributed by atoms with van der Waals surface area (Å²) in [6.07, 6.45) is 2.70. The molecule has 0 aliphatic heterocycles. The highest BCUT2D eigenvalue weighted by Gasteiger charge is 2.13. The molecule has 0 fully saturated rings. The number of halogens is 2. The second-order valence-electron chi connectivity index (χ2n) is 5.32. The Morgan fingerprint density at radius 2 is 1.65 bits per heavy atom. The first-order valence-electron chi connectivity index (χ1n) is 7.38. The maximum Gasteiger partial charge on any atom is 0.258 e. The maximum atomic E-state index is 12.4. The molecule has 2 N–H and O–H groups in total. The fourth-order valence-corrected chi connectivity index (χ4v) is 2.38. The molecule has 0 saturated carbocycles. The summed E-state index contributed by atoms with van der Waals surface area (Å²) in [5.74, 6) is -0.0656. The highest BCUT2D eigenvalue weighted by molar-refractivity contribution is 6.42. The smallest absolute Gasteiger partial charge is 0.258 e. The number of pyridine rings is 1. The molecule has 2 aromatic heterocycles. The molecule has 9 heteroatoms. The van der Waals surface area contributed by atoms with Crippen LogP contribution >= 0.6 is 23.2 Å². The minimum absolute atomic E-state index is 0.201. The Bertz CT molecular complexity index is 988. The molecular weight excluding hydrogens is 379 g/mol. The van der Waals surface area contributed by atoms with Crippen LogP contribution in [0, 0.1) is 6.92 Å². The van der Waals surface area contributed by atoms with Crippen LogP contribution < -0.4 is 10.6 Å². The van der Waals surface area contributed by atoms with Gasteiger partial charge >= 0.3 is 0 Å². The first kappa shape index (κ1) is 17.9. The highest BCUT2D eigenvalue weighted by Crippen LogP contribution is 2.25. The number of nitrogens with zero attached hydrogens (tertiary/aromatic N) is 2. The lowest BCUT2D eigenvalue weighted by Crippen LogP contribution is -2.16. The number of benzene rings is 1. The van der Waals surface area contributed by atoms with Gasteiger partial charge in [0.05, 0.1) is 21.2 Å². The molecule has 3 aromatic rings. The van der Waals surface area contributed by atoms with Gasteiger partial charge in [-0.3, -0.25) is 14.6 Å². The van der Waals surface area contributed by atoms with Crippen LogP contribution in [0.2, 0.25) is 10.0 Å². The average Bonchev–Trinajstić information content (AvgIpc) is 3.03. The van der Waals surface area contributed by atoms with Crippen LogP contribution in [0.15, 0.2) is 47.2 Å². The molecule has 2 heterocycles. The lowest BCUT2D eigenvalue weighted by molar-refractivity contribution is 0.102. The zero-order valence-electron chi connectivity index (χ0n) is 13.4. The Labute approximate surface area is 158 Å². The van der Waals surface area contributed by atoms with E-state index in [0.29, 0.717) is 21.5 Å². The van der Waals surface area contributed by atoms with E-state index in [1.165, 1.54) is 24.5 Å². The Morgan fingerprint density at radius 1 is 0.962 bits per heavy atom. The van der Waals surface area contributed by atoms with Crippen molar-refractivity contribution < 1.29 is 14.1 Å². The van der Waals surface area contributed by atoms with Crippen molar-refractivity contribution in [2.75, 3.05) is 10.6 Å². The molecule has 3 rings (SSSR count). The number of hydrogen-bond acceptors (Lipinski definition) is 5. The van der Waals surface area contributed by atoms with Crippen molar-refractivity contribution >= 4 is 46.5 Å². The third kappa shape index (κ3) is 4.19. The minimum atomic E-state index is -0.463. The van der Waals surface area contributed by atoms with E-state index >= 15 is 0 Å². The molecule has 0 atom stereocenters. The molecule has 0 aliphatic carbocycles. The van der Waals surface area contributed by atoms with Crippen LogP contribution in [0.4, 0.5) is 11.5 Å². The number of carbonyl (C=O) groups excluding carboxylic acids is 2.